The number of amides is 2. The molecule has 2 amide bonds. The van der Waals surface area contributed by atoms with E-state index in [1.165, 1.54) is 5.56 Å². The van der Waals surface area contributed by atoms with Gasteiger partial charge in [-0.2, -0.15) is 0 Å². The summed E-state index contributed by atoms with van der Waals surface area (Å²) in [4.78, 5) is 29.2. The molecule has 3 rings (SSSR count). The van der Waals surface area contributed by atoms with Crippen molar-refractivity contribution >= 4 is 11.8 Å². The fourth-order valence-electron chi connectivity index (χ4n) is 3.71. The van der Waals surface area contributed by atoms with Crippen LogP contribution >= 0.6 is 0 Å². The molecule has 1 fully saturated rings. The highest BCUT2D eigenvalue weighted by Crippen LogP contribution is 2.22. The summed E-state index contributed by atoms with van der Waals surface area (Å²) in [6, 6.07) is 17.5. The molecule has 2 aromatic rings. The maximum Gasteiger partial charge on any atom is 0.237 e. The minimum atomic E-state index is -0.472. The van der Waals surface area contributed by atoms with Gasteiger partial charge in [0.05, 0.1) is 19.1 Å². The van der Waals surface area contributed by atoms with Crippen molar-refractivity contribution in [2.75, 3.05) is 33.3 Å². The lowest BCUT2D eigenvalue weighted by atomic mass is 10.1. The summed E-state index contributed by atoms with van der Waals surface area (Å²) in [7, 11) is 1.81. The number of benzene rings is 2. The molecule has 30 heavy (non-hydrogen) atoms. The van der Waals surface area contributed by atoms with E-state index in [4.69, 9.17) is 4.74 Å². The first-order chi connectivity index (χ1) is 14.6. The highest BCUT2D eigenvalue weighted by Gasteiger charge is 2.32. The lowest BCUT2D eigenvalue weighted by Crippen LogP contribution is -2.56. The van der Waals surface area contributed by atoms with Crippen molar-refractivity contribution in [1.29, 1.82) is 0 Å². The molecule has 6 heteroatoms. The van der Waals surface area contributed by atoms with Crippen molar-refractivity contribution < 1.29 is 14.3 Å². The average Bonchev–Trinajstić information content (AvgIpc) is 2.76. The Bertz CT molecular complexity index is 841. The van der Waals surface area contributed by atoms with Crippen LogP contribution in [-0.2, 0) is 22.6 Å². The van der Waals surface area contributed by atoms with Crippen LogP contribution in [0.4, 0.5) is 0 Å². The van der Waals surface area contributed by atoms with Gasteiger partial charge >= 0.3 is 0 Å². The van der Waals surface area contributed by atoms with E-state index in [0.717, 1.165) is 17.7 Å². The topological polar surface area (TPSA) is 61.9 Å². The SMILES string of the molecule is CCOc1ccccc1CN1CCNC(=O)C1CC(=O)N(C)CCc1ccccc1. The summed E-state index contributed by atoms with van der Waals surface area (Å²) < 4.78 is 5.73. The van der Waals surface area contributed by atoms with Gasteiger partial charge in [0, 0.05) is 38.8 Å². The zero-order valence-electron chi connectivity index (χ0n) is 17.8. The fourth-order valence-corrected chi connectivity index (χ4v) is 3.71. The van der Waals surface area contributed by atoms with Gasteiger partial charge in [-0.05, 0) is 25.0 Å². The van der Waals surface area contributed by atoms with Crippen molar-refractivity contribution in [1.82, 2.24) is 15.1 Å². The van der Waals surface area contributed by atoms with E-state index in [2.05, 4.69) is 22.3 Å². The number of piperazine rings is 1. The van der Waals surface area contributed by atoms with E-state index in [9.17, 15) is 9.59 Å². The van der Waals surface area contributed by atoms with Crippen LogP contribution in [0.1, 0.15) is 24.5 Å². The van der Waals surface area contributed by atoms with Crippen molar-refractivity contribution in [3.05, 3.63) is 65.7 Å². The second-order valence-electron chi connectivity index (χ2n) is 7.57. The molecule has 1 unspecified atom stereocenters. The summed E-state index contributed by atoms with van der Waals surface area (Å²) in [5.74, 6) is 0.729. The molecule has 0 bridgehead atoms. The highest BCUT2D eigenvalue weighted by molar-refractivity contribution is 5.88. The third-order valence-corrected chi connectivity index (χ3v) is 5.46. The Labute approximate surface area is 178 Å². The van der Waals surface area contributed by atoms with Gasteiger partial charge in [-0.15, -0.1) is 0 Å². The standard InChI is InChI=1S/C24H31N3O3/c1-3-30-22-12-8-7-11-20(22)18-27-16-14-25-24(29)21(27)17-23(28)26(2)15-13-19-9-5-4-6-10-19/h4-12,21H,3,13-18H2,1-2H3,(H,25,29). The second-order valence-corrected chi connectivity index (χ2v) is 7.57. The molecule has 1 aliphatic rings. The van der Waals surface area contributed by atoms with Gasteiger partial charge in [0.2, 0.25) is 11.8 Å². The summed E-state index contributed by atoms with van der Waals surface area (Å²) in [5.41, 5.74) is 2.23. The van der Waals surface area contributed by atoms with Crippen LogP contribution in [0.15, 0.2) is 54.6 Å². The number of nitrogens with zero attached hydrogens (tertiary/aromatic N) is 2. The Morgan fingerprint density at radius 3 is 2.67 bits per heavy atom. The van der Waals surface area contributed by atoms with Gasteiger partial charge in [0.1, 0.15) is 5.75 Å². The predicted octanol–water partition coefficient (Wildman–Crippen LogP) is 2.48. The molecule has 1 N–H and O–H groups in total. The minimum Gasteiger partial charge on any atom is -0.494 e. The molecule has 2 aromatic carbocycles. The molecule has 160 valence electrons. The van der Waals surface area contributed by atoms with Crippen molar-refractivity contribution in [3.63, 3.8) is 0 Å². The molecule has 0 radical (unpaired) electrons. The number of carbonyl (C=O) groups is 2. The number of hydrogen-bond acceptors (Lipinski definition) is 4. The summed E-state index contributed by atoms with van der Waals surface area (Å²) in [6.07, 6.45) is 0.972. The molecule has 0 saturated carbocycles. The van der Waals surface area contributed by atoms with E-state index >= 15 is 0 Å². The maximum absolute atomic E-state index is 12.8. The van der Waals surface area contributed by atoms with Crippen molar-refractivity contribution in [2.24, 2.45) is 0 Å². The molecule has 0 aromatic heterocycles. The number of likely N-dealkylation sites (N-methyl/N-ethyl adjacent to an activating group) is 1. The van der Waals surface area contributed by atoms with E-state index in [-0.39, 0.29) is 18.2 Å². The molecule has 0 spiro atoms. The number of carbonyl (C=O) groups excluding carboxylic acids is 2. The number of para-hydroxylation sites is 1. The Balaban J connectivity index is 1.63. The Hall–Kier alpha value is -2.86. The van der Waals surface area contributed by atoms with E-state index < -0.39 is 6.04 Å². The number of nitrogens with one attached hydrogen (secondary N) is 1. The molecule has 6 nitrogen and oxygen atoms in total. The van der Waals surface area contributed by atoms with Crippen LogP contribution in [0.25, 0.3) is 0 Å². The summed E-state index contributed by atoms with van der Waals surface area (Å²) in [5, 5.41) is 2.91. The maximum atomic E-state index is 12.8. The smallest absolute Gasteiger partial charge is 0.237 e. The van der Waals surface area contributed by atoms with Gasteiger partial charge in [-0.25, -0.2) is 0 Å². The number of hydrogen-bond donors (Lipinski definition) is 1. The number of ether oxygens (including phenoxy) is 1. The molecule has 1 aliphatic heterocycles. The highest BCUT2D eigenvalue weighted by atomic mass is 16.5. The van der Waals surface area contributed by atoms with Crippen molar-refractivity contribution in [2.45, 2.75) is 32.4 Å². The van der Waals surface area contributed by atoms with Crippen LogP contribution in [0.5, 0.6) is 5.75 Å². The molecule has 1 saturated heterocycles. The van der Waals surface area contributed by atoms with E-state index in [0.29, 0.717) is 32.8 Å². The summed E-state index contributed by atoms with van der Waals surface area (Å²) in [6.45, 7) is 5.05. The first-order valence-corrected chi connectivity index (χ1v) is 10.6. The zero-order valence-corrected chi connectivity index (χ0v) is 17.8. The molecule has 1 atom stereocenters. The number of rotatable bonds is 9. The van der Waals surface area contributed by atoms with Crippen molar-refractivity contribution in [3.8, 4) is 5.75 Å². The predicted molar refractivity (Wildman–Crippen MR) is 117 cm³/mol. The van der Waals surface area contributed by atoms with Crippen LogP contribution in [-0.4, -0.2) is 60.9 Å². The van der Waals surface area contributed by atoms with Crippen LogP contribution in [0, 0.1) is 0 Å². The average molecular weight is 410 g/mol. The Kier molecular flexibility index (Phi) is 7.85. The fraction of sp³-hybridized carbons (Fsp3) is 0.417. The lowest BCUT2D eigenvalue weighted by Gasteiger charge is -2.35. The Morgan fingerprint density at radius 2 is 1.90 bits per heavy atom. The first-order valence-electron chi connectivity index (χ1n) is 10.6. The van der Waals surface area contributed by atoms with Gasteiger partial charge in [-0.1, -0.05) is 48.5 Å². The molecule has 1 heterocycles. The molecule has 0 aliphatic carbocycles. The molecular weight excluding hydrogens is 378 g/mol. The summed E-state index contributed by atoms with van der Waals surface area (Å²) >= 11 is 0. The van der Waals surface area contributed by atoms with Crippen LogP contribution in [0.2, 0.25) is 0 Å². The van der Waals surface area contributed by atoms with E-state index in [1.54, 1.807) is 11.9 Å². The monoisotopic (exact) mass is 409 g/mol. The van der Waals surface area contributed by atoms with Crippen LogP contribution < -0.4 is 10.1 Å². The lowest BCUT2D eigenvalue weighted by molar-refractivity contribution is -0.138. The Morgan fingerprint density at radius 1 is 1.17 bits per heavy atom. The minimum absolute atomic E-state index is 0.0175. The van der Waals surface area contributed by atoms with Gasteiger partial charge in [0.25, 0.3) is 0 Å². The first kappa shape index (κ1) is 21.8. The van der Waals surface area contributed by atoms with Gasteiger partial charge < -0.3 is 15.0 Å². The third-order valence-electron chi connectivity index (χ3n) is 5.46. The third kappa shape index (κ3) is 5.83. The largest absolute Gasteiger partial charge is 0.494 e. The zero-order chi connectivity index (χ0) is 21.3. The quantitative estimate of drug-likeness (QED) is 0.691. The normalized spacial score (nSPS) is 16.7. The second kappa shape index (κ2) is 10.8. The van der Waals surface area contributed by atoms with Gasteiger partial charge in [0.15, 0.2) is 0 Å². The van der Waals surface area contributed by atoms with Gasteiger partial charge in [-0.3, -0.25) is 14.5 Å². The van der Waals surface area contributed by atoms with Crippen LogP contribution in [0.3, 0.4) is 0 Å². The molecular formula is C24H31N3O3. The van der Waals surface area contributed by atoms with E-state index in [1.807, 2.05) is 49.4 Å².